The Morgan fingerprint density at radius 3 is 2.95 bits per heavy atom. The monoisotopic (exact) mass is 271 g/mol. The summed E-state index contributed by atoms with van der Waals surface area (Å²) >= 11 is 0. The summed E-state index contributed by atoms with van der Waals surface area (Å²) in [4.78, 5) is 11.2. The minimum atomic E-state index is 0.227. The SMILES string of the molecule is CCC(N)Cc1ccc(N2CCn3ccnc3C2)nc1. The van der Waals surface area contributed by atoms with E-state index in [4.69, 9.17) is 5.73 Å². The number of hydrogen-bond donors (Lipinski definition) is 1. The molecule has 0 amide bonds. The number of rotatable bonds is 4. The Morgan fingerprint density at radius 2 is 2.20 bits per heavy atom. The van der Waals surface area contributed by atoms with E-state index < -0.39 is 0 Å². The summed E-state index contributed by atoms with van der Waals surface area (Å²) in [6.07, 6.45) is 7.74. The van der Waals surface area contributed by atoms with Crippen LogP contribution in [0.5, 0.6) is 0 Å². The quantitative estimate of drug-likeness (QED) is 0.917. The van der Waals surface area contributed by atoms with Crippen LogP contribution in [0.15, 0.2) is 30.7 Å². The summed E-state index contributed by atoms with van der Waals surface area (Å²) in [6.45, 7) is 4.89. The number of imidazole rings is 1. The lowest BCUT2D eigenvalue weighted by Gasteiger charge is -2.28. The van der Waals surface area contributed by atoms with E-state index in [1.807, 2.05) is 18.6 Å². The highest BCUT2D eigenvalue weighted by atomic mass is 15.3. The first-order valence-corrected chi connectivity index (χ1v) is 7.21. The molecule has 106 valence electrons. The van der Waals surface area contributed by atoms with Crippen LogP contribution in [-0.2, 0) is 19.5 Å². The van der Waals surface area contributed by atoms with Gasteiger partial charge in [-0.2, -0.15) is 0 Å². The van der Waals surface area contributed by atoms with Crippen LogP contribution in [-0.4, -0.2) is 27.1 Å². The van der Waals surface area contributed by atoms with Crippen molar-refractivity contribution in [2.75, 3.05) is 11.4 Å². The summed E-state index contributed by atoms with van der Waals surface area (Å²) in [5.41, 5.74) is 7.19. The predicted octanol–water partition coefficient (Wildman–Crippen LogP) is 1.58. The lowest BCUT2D eigenvalue weighted by molar-refractivity contribution is 0.556. The third kappa shape index (κ3) is 2.67. The van der Waals surface area contributed by atoms with Crippen LogP contribution in [0.4, 0.5) is 5.82 Å². The second-order valence-electron chi connectivity index (χ2n) is 5.36. The highest BCUT2D eigenvalue weighted by Gasteiger charge is 2.17. The van der Waals surface area contributed by atoms with Crippen LogP contribution in [0.1, 0.15) is 24.7 Å². The molecule has 0 saturated carbocycles. The van der Waals surface area contributed by atoms with E-state index in [9.17, 15) is 0 Å². The Labute approximate surface area is 119 Å². The molecule has 0 aromatic carbocycles. The third-order valence-corrected chi connectivity index (χ3v) is 3.90. The number of fused-ring (bicyclic) bond motifs is 1. The lowest BCUT2D eigenvalue weighted by Crippen LogP contribution is -2.34. The van der Waals surface area contributed by atoms with Gasteiger partial charge >= 0.3 is 0 Å². The number of hydrogen-bond acceptors (Lipinski definition) is 4. The zero-order valence-electron chi connectivity index (χ0n) is 11.9. The Hall–Kier alpha value is -1.88. The van der Waals surface area contributed by atoms with Crippen molar-refractivity contribution in [1.82, 2.24) is 14.5 Å². The van der Waals surface area contributed by atoms with Crippen molar-refractivity contribution in [2.24, 2.45) is 5.73 Å². The van der Waals surface area contributed by atoms with E-state index in [1.165, 1.54) is 5.56 Å². The molecule has 5 heteroatoms. The molecule has 0 spiro atoms. The first-order chi connectivity index (χ1) is 9.76. The fourth-order valence-electron chi connectivity index (χ4n) is 2.54. The fraction of sp³-hybridized carbons (Fsp3) is 0.467. The van der Waals surface area contributed by atoms with Crippen molar-refractivity contribution in [3.05, 3.63) is 42.1 Å². The van der Waals surface area contributed by atoms with E-state index in [-0.39, 0.29) is 6.04 Å². The van der Waals surface area contributed by atoms with Gasteiger partial charge in [0.05, 0.1) is 6.54 Å². The van der Waals surface area contributed by atoms with Crippen molar-refractivity contribution in [3.63, 3.8) is 0 Å². The molecule has 0 bridgehead atoms. The molecule has 2 N–H and O–H groups in total. The molecule has 3 heterocycles. The minimum absolute atomic E-state index is 0.227. The first kappa shape index (κ1) is 13.1. The largest absolute Gasteiger partial charge is 0.347 e. The van der Waals surface area contributed by atoms with E-state index >= 15 is 0 Å². The molecule has 0 fully saturated rings. The molecular weight excluding hydrogens is 250 g/mol. The van der Waals surface area contributed by atoms with Crippen LogP contribution >= 0.6 is 0 Å². The molecule has 1 atom stereocenters. The van der Waals surface area contributed by atoms with Crippen LogP contribution < -0.4 is 10.6 Å². The fourth-order valence-corrected chi connectivity index (χ4v) is 2.54. The van der Waals surface area contributed by atoms with Crippen molar-refractivity contribution >= 4 is 5.82 Å². The number of aromatic nitrogens is 3. The number of anilines is 1. The van der Waals surface area contributed by atoms with Gasteiger partial charge in [0, 0.05) is 37.7 Å². The van der Waals surface area contributed by atoms with Crippen LogP contribution in [0.2, 0.25) is 0 Å². The van der Waals surface area contributed by atoms with Crippen LogP contribution in [0.3, 0.4) is 0 Å². The molecule has 0 saturated heterocycles. The minimum Gasteiger partial charge on any atom is -0.347 e. The van der Waals surface area contributed by atoms with E-state index in [0.717, 1.165) is 44.1 Å². The average molecular weight is 271 g/mol. The number of pyridine rings is 1. The topological polar surface area (TPSA) is 60.0 Å². The van der Waals surface area contributed by atoms with Crippen LogP contribution in [0.25, 0.3) is 0 Å². The van der Waals surface area contributed by atoms with Gasteiger partial charge in [0.15, 0.2) is 0 Å². The second kappa shape index (κ2) is 5.63. The summed E-state index contributed by atoms with van der Waals surface area (Å²) in [7, 11) is 0. The van der Waals surface area contributed by atoms with E-state index in [1.54, 1.807) is 0 Å². The molecule has 1 unspecified atom stereocenters. The molecule has 2 aromatic heterocycles. The van der Waals surface area contributed by atoms with Gasteiger partial charge < -0.3 is 15.2 Å². The highest BCUT2D eigenvalue weighted by Crippen LogP contribution is 2.18. The van der Waals surface area contributed by atoms with Crippen molar-refractivity contribution in [3.8, 4) is 0 Å². The smallest absolute Gasteiger partial charge is 0.128 e. The molecule has 2 aromatic rings. The summed E-state index contributed by atoms with van der Waals surface area (Å²) in [5, 5.41) is 0. The highest BCUT2D eigenvalue weighted by molar-refractivity contribution is 5.40. The standard InChI is InChI=1S/C15H21N5/c1-2-13(16)9-12-3-4-14(18-10-12)20-8-7-19-6-5-17-15(19)11-20/h3-6,10,13H,2,7-9,11,16H2,1H3. The average Bonchev–Trinajstić information content (AvgIpc) is 2.95. The maximum atomic E-state index is 5.98. The molecule has 0 aliphatic carbocycles. The molecule has 0 radical (unpaired) electrons. The van der Waals surface area contributed by atoms with Gasteiger partial charge in [-0.05, 0) is 24.5 Å². The Kier molecular flexibility index (Phi) is 3.69. The van der Waals surface area contributed by atoms with Gasteiger partial charge in [-0.15, -0.1) is 0 Å². The zero-order chi connectivity index (χ0) is 13.9. The number of nitrogens with two attached hydrogens (primary N) is 1. The molecule has 20 heavy (non-hydrogen) atoms. The molecule has 1 aliphatic heterocycles. The first-order valence-electron chi connectivity index (χ1n) is 7.21. The van der Waals surface area contributed by atoms with Gasteiger partial charge in [0.1, 0.15) is 11.6 Å². The summed E-state index contributed by atoms with van der Waals surface area (Å²) in [6, 6.07) is 4.46. The normalized spacial score (nSPS) is 16.0. The van der Waals surface area contributed by atoms with E-state index in [2.05, 4.69) is 38.5 Å². The lowest BCUT2D eigenvalue weighted by atomic mass is 10.1. The van der Waals surface area contributed by atoms with Gasteiger partial charge in [-0.1, -0.05) is 13.0 Å². The van der Waals surface area contributed by atoms with Crippen molar-refractivity contribution in [2.45, 2.75) is 38.9 Å². The molecule has 5 nitrogen and oxygen atoms in total. The zero-order valence-corrected chi connectivity index (χ0v) is 11.9. The van der Waals surface area contributed by atoms with Gasteiger partial charge in [-0.3, -0.25) is 0 Å². The van der Waals surface area contributed by atoms with Gasteiger partial charge in [-0.25, -0.2) is 9.97 Å². The third-order valence-electron chi connectivity index (χ3n) is 3.90. The van der Waals surface area contributed by atoms with Gasteiger partial charge in [0.2, 0.25) is 0 Å². The Morgan fingerprint density at radius 1 is 1.30 bits per heavy atom. The van der Waals surface area contributed by atoms with Crippen LogP contribution in [0, 0.1) is 0 Å². The Bertz CT molecular complexity index is 560. The maximum absolute atomic E-state index is 5.98. The molecule has 1 aliphatic rings. The molecular formula is C15H21N5. The van der Waals surface area contributed by atoms with E-state index in [0.29, 0.717) is 0 Å². The summed E-state index contributed by atoms with van der Waals surface area (Å²) < 4.78 is 2.20. The maximum Gasteiger partial charge on any atom is 0.128 e. The summed E-state index contributed by atoms with van der Waals surface area (Å²) in [5.74, 6) is 2.13. The van der Waals surface area contributed by atoms with Crippen molar-refractivity contribution < 1.29 is 0 Å². The second-order valence-corrected chi connectivity index (χ2v) is 5.36. The van der Waals surface area contributed by atoms with Crippen molar-refractivity contribution in [1.29, 1.82) is 0 Å². The predicted molar refractivity (Wildman–Crippen MR) is 79.5 cm³/mol. The van der Waals surface area contributed by atoms with Gasteiger partial charge in [0.25, 0.3) is 0 Å². The Balaban J connectivity index is 1.69. The number of nitrogens with zero attached hydrogens (tertiary/aromatic N) is 4. The molecule has 3 rings (SSSR count).